The van der Waals surface area contributed by atoms with Crippen LogP contribution in [0.3, 0.4) is 0 Å². The minimum atomic E-state index is -1.02. The minimum Gasteiger partial charge on any atom is -0.478 e. The molecular weight excluding hydrogens is 425 g/mol. The largest absolute Gasteiger partial charge is 0.478 e. The monoisotopic (exact) mass is 443 g/mol. The molecule has 0 spiro atoms. The molecule has 0 saturated carbocycles. The Labute approximate surface area is 188 Å². The first kappa shape index (κ1) is 21.6. The Morgan fingerprint density at radius 3 is 2.39 bits per heavy atom. The summed E-state index contributed by atoms with van der Waals surface area (Å²) in [5, 5.41) is 11.8. The topological polar surface area (TPSA) is 101 Å². The number of hydrogen-bond acceptors (Lipinski definition) is 5. The van der Waals surface area contributed by atoms with Crippen LogP contribution in [0.25, 0.3) is 11.3 Å². The molecule has 0 saturated heterocycles. The first-order valence-electron chi connectivity index (χ1n) is 9.94. The van der Waals surface area contributed by atoms with Gasteiger partial charge in [0.05, 0.1) is 16.8 Å². The van der Waals surface area contributed by atoms with Crippen LogP contribution in [0.1, 0.15) is 26.3 Å². The third kappa shape index (κ3) is 5.37. The third-order valence-electron chi connectivity index (χ3n) is 4.80. The molecule has 4 aromatic rings. The van der Waals surface area contributed by atoms with E-state index in [1.54, 1.807) is 42.6 Å². The van der Waals surface area contributed by atoms with Gasteiger partial charge in [-0.05, 0) is 66.2 Å². The third-order valence-corrected chi connectivity index (χ3v) is 4.80. The Kier molecular flexibility index (Phi) is 6.36. The molecule has 7 nitrogen and oxygen atoms in total. The average Bonchev–Trinajstić information content (AvgIpc) is 2.85. The van der Waals surface area contributed by atoms with Gasteiger partial charge in [0.25, 0.3) is 5.91 Å². The second kappa shape index (κ2) is 9.69. The van der Waals surface area contributed by atoms with Gasteiger partial charge < -0.3 is 15.2 Å². The zero-order chi connectivity index (χ0) is 23.2. The van der Waals surface area contributed by atoms with E-state index in [1.165, 1.54) is 42.7 Å². The van der Waals surface area contributed by atoms with Gasteiger partial charge in [0, 0.05) is 18.3 Å². The van der Waals surface area contributed by atoms with Crippen LogP contribution in [0.15, 0.2) is 85.3 Å². The van der Waals surface area contributed by atoms with Crippen LogP contribution in [-0.2, 0) is 6.54 Å². The molecule has 33 heavy (non-hydrogen) atoms. The van der Waals surface area contributed by atoms with Crippen LogP contribution < -0.4 is 10.1 Å². The summed E-state index contributed by atoms with van der Waals surface area (Å²) >= 11 is 0. The lowest BCUT2D eigenvalue weighted by atomic mass is 10.1. The van der Waals surface area contributed by atoms with E-state index in [1.807, 2.05) is 0 Å². The number of amides is 1. The van der Waals surface area contributed by atoms with Crippen LogP contribution in [-0.4, -0.2) is 27.0 Å². The van der Waals surface area contributed by atoms with Crippen LogP contribution >= 0.6 is 0 Å². The lowest BCUT2D eigenvalue weighted by Crippen LogP contribution is -2.23. The van der Waals surface area contributed by atoms with Crippen molar-refractivity contribution in [2.75, 3.05) is 0 Å². The fourth-order valence-electron chi connectivity index (χ4n) is 3.09. The summed E-state index contributed by atoms with van der Waals surface area (Å²) in [6.45, 7) is 0.187. The number of nitrogens with one attached hydrogen (secondary N) is 1. The molecular formula is C25H18FN3O4. The van der Waals surface area contributed by atoms with Gasteiger partial charge in [-0.3, -0.25) is 4.79 Å². The number of hydrogen-bond donors (Lipinski definition) is 2. The fraction of sp³-hybridized carbons (Fsp3) is 0.0400. The summed E-state index contributed by atoms with van der Waals surface area (Å²) in [6, 6.07) is 18.5. The Balaban J connectivity index is 1.60. The lowest BCUT2D eigenvalue weighted by Gasteiger charge is -2.13. The highest BCUT2D eigenvalue weighted by atomic mass is 19.1. The van der Waals surface area contributed by atoms with E-state index in [0.717, 1.165) is 5.56 Å². The van der Waals surface area contributed by atoms with Gasteiger partial charge in [-0.25, -0.2) is 19.2 Å². The van der Waals surface area contributed by atoms with Crippen molar-refractivity contribution >= 4 is 11.9 Å². The van der Waals surface area contributed by atoms with Crippen LogP contribution in [0.4, 0.5) is 4.39 Å². The molecule has 0 unspecified atom stereocenters. The van der Waals surface area contributed by atoms with Gasteiger partial charge in [-0.2, -0.15) is 0 Å². The van der Waals surface area contributed by atoms with Gasteiger partial charge in [-0.15, -0.1) is 0 Å². The predicted octanol–water partition coefficient (Wildman–Crippen LogP) is 4.70. The molecule has 2 N–H and O–H groups in total. The maximum absolute atomic E-state index is 13.2. The number of carboxylic acids is 1. The Morgan fingerprint density at radius 2 is 1.73 bits per heavy atom. The molecule has 164 valence electrons. The summed E-state index contributed by atoms with van der Waals surface area (Å²) < 4.78 is 19.1. The summed E-state index contributed by atoms with van der Waals surface area (Å²) in [7, 11) is 0. The number of aromatic nitrogens is 2. The highest BCUT2D eigenvalue weighted by Gasteiger charge is 2.16. The Hall–Kier alpha value is -4.59. The van der Waals surface area contributed by atoms with E-state index in [2.05, 4.69) is 15.3 Å². The normalized spacial score (nSPS) is 10.5. The molecule has 0 aliphatic heterocycles. The average molecular weight is 443 g/mol. The second-order valence-corrected chi connectivity index (χ2v) is 7.05. The molecule has 0 bridgehead atoms. The molecule has 0 fully saturated rings. The molecule has 0 aliphatic rings. The van der Waals surface area contributed by atoms with Crippen molar-refractivity contribution in [2.45, 2.75) is 6.54 Å². The number of benzene rings is 3. The quantitative estimate of drug-likeness (QED) is 0.429. The van der Waals surface area contributed by atoms with Gasteiger partial charge in [-0.1, -0.05) is 12.1 Å². The van der Waals surface area contributed by atoms with Crippen molar-refractivity contribution in [3.63, 3.8) is 0 Å². The summed E-state index contributed by atoms with van der Waals surface area (Å²) in [4.78, 5) is 32.2. The molecule has 1 heterocycles. The number of nitrogens with zero attached hydrogens (tertiary/aromatic N) is 2. The number of carbonyl (C=O) groups excluding carboxylic acids is 1. The maximum Gasteiger partial charge on any atom is 0.335 e. The molecule has 4 rings (SSSR count). The molecule has 0 atom stereocenters. The summed E-state index contributed by atoms with van der Waals surface area (Å²) in [5.74, 6) is -1.14. The van der Waals surface area contributed by atoms with Crippen molar-refractivity contribution in [3.8, 4) is 22.8 Å². The Morgan fingerprint density at radius 1 is 0.970 bits per heavy atom. The highest BCUT2D eigenvalue weighted by Crippen LogP contribution is 2.29. The number of rotatable bonds is 7. The molecule has 0 aliphatic carbocycles. The molecule has 0 radical (unpaired) electrons. The first-order valence-corrected chi connectivity index (χ1v) is 9.94. The van der Waals surface area contributed by atoms with E-state index in [0.29, 0.717) is 17.0 Å². The summed E-state index contributed by atoms with van der Waals surface area (Å²) in [5.41, 5.74) is 2.49. The maximum atomic E-state index is 13.2. The van der Waals surface area contributed by atoms with Gasteiger partial charge in [0.15, 0.2) is 0 Å². The van der Waals surface area contributed by atoms with E-state index in [4.69, 9.17) is 9.84 Å². The van der Waals surface area contributed by atoms with Gasteiger partial charge in [0.1, 0.15) is 23.6 Å². The van der Waals surface area contributed by atoms with Crippen LogP contribution in [0, 0.1) is 5.82 Å². The number of carboxylic acid groups (broad SMARTS) is 1. The van der Waals surface area contributed by atoms with E-state index >= 15 is 0 Å². The smallest absolute Gasteiger partial charge is 0.335 e. The number of ether oxygens (including phenoxy) is 1. The minimum absolute atomic E-state index is 0.164. The molecule has 3 aromatic carbocycles. The van der Waals surface area contributed by atoms with Gasteiger partial charge in [0.2, 0.25) is 0 Å². The molecule has 1 amide bonds. The number of halogens is 1. The van der Waals surface area contributed by atoms with Crippen LogP contribution in [0.5, 0.6) is 11.5 Å². The SMILES string of the molecule is O=C(O)c1ccc(CNC(=O)c2cc(-c3ccncn3)ccc2Oc2ccc(F)cc2)cc1. The van der Waals surface area contributed by atoms with E-state index in [9.17, 15) is 14.0 Å². The van der Waals surface area contributed by atoms with Crippen molar-refractivity contribution in [1.29, 1.82) is 0 Å². The number of carbonyl (C=O) groups is 2. The van der Waals surface area contributed by atoms with Crippen molar-refractivity contribution in [1.82, 2.24) is 15.3 Å². The first-order chi connectivity index (χ1) is 16.0. The van der Waals surface area contributed by atoms with Gasteiger partial charge >= 0.3 is 5.97 Å². The van der Waals surface area contributed by atoms with Crippen LogP contribution in [0.2, 0.25) is 0 Å². The molecule has 8 heteroatoms. The Bertz CT molecular complexity index is 1280. The summed E-state index contributed by atoms with van der Waals surface area (Å²) in [6.07, 6.45) is 3.02. The fourth-order valence-corrected chi connectivity index (χ4v) is 3.09. The highest BCUT2D eigenvalue weighted by molar-refractivity contribution is 5.98. The van der Waals surface area contributed by atoms with Crippen molar-refractivity contribution < 1.29 is 23.8 Å². The molecule has 1 aromatic heterocycles. The predicted molar refractivity (Wildman–Crippen MR) is 119 cm³/mol. The van der Waals surface area contributed by atoms with Crippen molar-refractivity contribution in [2.24, 2.45) is 0 Å². The zero-order valence-corrected chi connectivity index (χ0v) is 17.2. The second-order valence-electron chi connectivity index (χ2n) is 7.05. The van der Waals surface area contributed by atoms with E-state index < -0.39 is 17.7 Å². The lowest BCUT2D eigenvalue weighted by molar-refractivity contribution is 0.0696. The van der Waals surface area contributed by atoms with Crippen molar-refractivity contribution in [3.05, 3.63) is 108 Å². The van der Waals surface area contributed by atoms with E-state index in [-0.39, 0.29) is 23.4 Å². The number of aromatic carboxylic acids is 1. The zero-order valence-electron chi connectivity index (χ0n) is 17.2. The standard InChI is InChI=1S/C25H18FN3O4/c26-19-6-8-20(9-7-19)33-23-10-5-18(22-11-12-27-15-29-22)13-21(23)24(30)28-14-16-1-3-17(4-2-16)25(31)32/h1-13,15H,14H2,(H,28,30)(H,31,32).